The molecule has 0 spiro atoms. The lowest BCUT2D eigenvalue weighted by Crippen LogP contribution is -2.55. The van der Waals surface area contributed by atoms with Gasteiger partial charge in [0.25, 0.3) is 11.8 Å². The second-order valence-electron chi connectivity index (χ2n) is 10.1. The number of likely N-dealkylation sites (tertiary alicyclic amines) is 1. The van der Waals surface area contributed by atoms with E-state index in [4.69, 9.17) is 0 Å². The van der Waals surface area contributed by atoms with E-state index in [0.29, 0.717) is 35.4 Å². The van der Waals surface area contributed by atoms with Crippen LogP contribution in [0.1, 0.15) is 59.7 Å². The van der Waals surface area contributed by atoms with E-state index in [1.165, 1.54) is 37.0 Å². The Morgan fingerprint density at radius 1 is 0.941 bits per heavy atom. The predicted octanol–water partition coefficient (Wildman–Crippen LogP) is 4.71. The highest BCUT2D eigenvalue weighted by molar-refractivity contribution is 7.99. The maximum atomic E-state index is 13.3. The number of amides is 2. The number of imide groups is 1. The van der Waals surface area contributed by atoms with E-state index < -0.39 is 12.1 Å². The highest BCUT2D eigenvalue weighted by atomic mass is 32.2. The second kappa shape index (κ2) is 10.2. The van der Waals surface area contributed by atoms with Gasteiger partial charge < -0.3 is 5.11 Å². The van der Waals surface area contributed by atoms with Gasteiger partial charge in [-0.3, -0.25) is 19.4 Å². The minimum atomic E-state index is -0.805. The molecule has 2 fully saturated rings. The zero-order valence-corrected chi connectivity index (χ0v) is 20.6. The van der Waals surface area contributed by atoms with Gasteiger partial charge in [0.1, 0.15) is 0 Å². The lowest BCUT2D eigenvalue weighted by molar-refractivity contribution is -0.00785. The number of carbonyl (C=O) groups is 2. The Labute approximate surface area is 206 Å². The molecule has 2 heterocycles. The van der Waals surface area contributed by atoms with Crippen LogP contribution < -0.4 is 0 Å². The molecule has 1 N–H and O–H groups in total. The molecule has 4 unspecified atom stereocenters. The standard InChI is InChI=1S/C28H34N2O3S/c1-19-15-20-9-5-6-10-21(20)16-29(19)17-26(31)25(18-34-22-11-3-2-4-12-22)30-27(32)23-13-7-8-14-24(23)28(30)33/h2-4,7-8,11-14,19-21,25-26,31H,5-6,9-10,15-18H2,1H3/t19-,20?,21?,25?,26?/m1/s1. The maximum Gasteiger partial charge on any atom is 0.261 e. The first kappa shape index (κ1) is 23.6. The van der Waals surface area contributed by atoms with E-state index in [-0.39, 0.29) is 11.8 Å². The summed E-state index contributed by atoms with van der Waals surface area (Å²) in [5.41, 5.74) is 0.872. The summed E-state index contributed by atoms with van der Waals surface area (Å²) in [5.74, 6) is 1.38. The van der Waals surface area contributed by atoms with Gasteiger partial charge in [0, 0.05) is 29.8 Å². The number of hydrogen-bond donors (Lipinski definition) is 1. The third kappa shape index (κ3) is 4.68. The van der Waals surface area contributed by atoms with Crippen molar-refractivity contribution in [2.24, 2.45) is 11.8 Å². The van der Waals surface area contributed by atoms with Crippen molar-refractivity contribution in [3.63, 3.8) is 0 Å². The van der Waals surface area contributed by atoms with E-state index >= 15 is 0 Å². The van der Waals surface area contributed by atoms with Gasteiger partial charge in [-0.15, -0.1) is 11.8 Å². The molecule has 2 aromatic rings. The van der Waals surface area contributed by atoms with Crippen LogP contribution in [0.15, 0.2) is 59.5 Å². The van der Waals surface area contributed by atoms with Crippen molar-refractivity contribution in [1.82, 2.24) is 9.80 Å². The number of piperidine rings is 1. The molecule has 1 aliphatic carbocycles. The molecule has 180 valence electrons. The molecule has 2 amide bonds. The topological polar surface area (TPSA) is 60.9 Å². The Morgan fingerprint density at radius 3 is 2.24 bits per heavy atom. The van der Waals surface area contributed by atoms with Crippen molar-refractivity contribution < 1.29 is 14.7 Å². The SMILES string of the molecule is C[C@@H]1CC2CCCCC2CN1CC(O)C(CSc1ccccc1)N1C(=O)c2ccccc2C1=O. The van der Waals surface area contributed by atoms with E-state index in [0.717, 1.165) is 17.4 Å². The number of aliphatic hydroxyl groups excluding tert-OH is 1. The summed E-state index contributed by atoms with van der Waals surface area (Å²) in [6.07, 6.45) is 5.62. The number of nitrogens with zero attached hydrogens (tertiary/aromatic N) is 2. The fraction of sp³-hybridized carbons (Fsp3) is 0.500. The predicted molar refractivity (Wildman–Crippen MR) is 135 cm³/mol. The first-order valence-electron chi connectivity index (χ1n) is 12.6. The van der Waals surface area contributed by atoms with Crippen molar-refractivity contribution >= 4 is 23.6 Å². The monoisotopic (exact) mass is 478 g/mol. The molecule has 1 saturated carbocycles. The van der Waals surface area contributed by atoms with Gasteiger partial charge in [-0.05, 0) is 55.9 Å². The van der Waals surface area contributed by atoms with E-state index in [1.54, 1.807) is 36.0 Å². The van der Waals surface area contributed by atoms with Crippen LogP contribution in [0.5, 0.6) is 0 Å². The van der Waals surface area contributed by atoms with Crippen LogP contribution in [0.2, 0.25) is 0 Å². The summed E-state index contributed by atoms with van der Waals surface area (Å²) in [6.45, 7) is 3.74. The minimum Gasteiger partial charge on any atom is -0.390 e. The third-order valence-electron chi connectivity index (χ3n) is 7.99. The van der Waals surface area contributed by atoms with Crippen molar-refractivity contribution in [2.75, 3.05) is 18.8 Å². The van der Waals surface area contributed by atoms with Crippen LogP contribution in [0, 0.1) is 11.8 Å². The van der Waals surface area contributed by atoms with Gasteiger partial charge in [-0.2, -0.15) is 0 Å². The van der Waals surface area contributed by atoms with Crippen LogP contribution in [-0.4, -0.2) is 63.8 Å². The Morgan fingerprint density at radius 2 is 1.56 bits per heavy atom. The van der Waals surface area contributed by atoms with Crippen LogP contribution >= 0.6 is 11.8 Å². The Bertz CT molecular complexity index is 994. The minimum absolute atomic E-state index is 0.294. The summed E-state index contributed by atoms with van der Waals surface area (Å²) >= 11 is 1.58. The fourth-order valence-electron chi connectivity index (χ4n) is 6.09. The number of thioether (sulfide) groups is 1. The molecule has 6 heteroatoms. The lowest BCUT2D eigenvalue weighted by Gasteiger charge is -2.46. The summed E-state index contributed by atoms with van der Waals surface area (Å²) in [7, 11) is 0. The molecular weight excluding hydrogens is 444 g/mol. The van der Waals surface area contributed by atoms with Crippen molar-refractivity contribution in [3.05, 3.63) is 65.7 Å². The zero-order chi connectivity index (χ0) is 23.7. The molecule has 0 bridgehead atoms. The van der Waals surface area contributed by atoms with Gasteiger partial charge in [-0.1, -0.05) is 49.6 Å². The zero-order valence-electron chi connectivity index (χ0n) is 19.8. The molecule has 1 saturated heterocycles. The number of aliphatic hydroxyl groups is 1. The van der Waals surface area contributed by atoms with Crippen LogP contribution in [0.25, 0.3) is 0 Å². The molecule has 0 radical (unpaired) electrons. The van der Waals surface area contributed by atoms with Gasteiger partial charge in [0.05, 0.1) is 23.3 Å². The normalized spacial score (nSPS) is 26.8. The lowest BCUT2D eigenvalue weighted by atomic mass is 9.73. The average Bonchev–Trinajstić information content (AvgIpc) is 3.11. The second-order valence-corrected chi connectivity index (χ2v) is 11.2. The number of rotatable bonds is 7. The molecule has 2 aromatic carbocycles. The molecule has 5 atom stereocenters. The number of β-amino-alcohol motifs (C(OH)–C–C–N with tert-alkyl or cyclic N) is 1. The quantitative estimate of drug-likeness (QED) is 0.462. The largest absolute Gasteiger partial charge is 0.390 e. The smallest absolute Gasteiger partial charge is 0.261 e. The van der Waals surface area contributed by atoms with Crippen molar-refractivity contribution in [3.8, 4) is 0 Å². The van der Waals surface area contributed by atoms with Crippen LogP contribution in [0.4, 0.5) is 0 Å². The number of fused-ring (bicyclic) bond motifs is 2. The third-order valence-corrected chi connectivity index (χ3v) is 9.10. The Balaban J connectivity index is 1.36. The van der Waals surface area contributed by atoms with Gasteiger partial charge in [0.15, 0.2) is 0 Å². The molecule has 3 aliphatic rings. The number of hydrogen-bond acceptors (Lipinski definition) is 5. The van der Waals surface area contributed by atoms with Crippen LogP contribution in [0.3, 0.4) is 0 Å². The molecular formula is C28H34N2O3S. The highest BCUT2D eigenvalue weighted by Gasteiger charge is 2.44. The maximum absolute atomic E-state index is 13.3. The number of carbonyl (C=O) groups excluding carboxylic acids is 2. The summed E-state index contributed by atoms with van der Waals surface area (Å²) in [4.78, 5) is 31.3. The van der Waals surface area contributed by atoms with Gasteiger partial charge in [0.2, 0.25) is 0 Å². The Hall–Kier alpha value is -2.15. The van der Waals surface area contributed by atoms with Crippen molar-refractivity contribution in [1.29, 1.82) is 0 Å². The highest BCUT2D eigenvalue weighted by Crippen LogP contribution is 2.39. The Kier molecular flexibility index (Phi) is 7.09. The first-order valence-corrected chi connectivity index (χ1v) is 13.6. The average molecular weight is 479 g/mol. The molecule has 0 aromatic heterocycles. The van der Waals surface area contributed by atoms with Crippen molar-refractivity contribution in [2.45, 2.75) is 62.1 Å². The fourth-order valence-corrected chi connectivity index (χ4v) is 7.17. The van der Waals surface area contributed by atoms with E-state index in [2.05, 4.69) is 11.8 Å². The molecule has 34 heavy (non-hydrogen) atoms. The van der Waals surface area contributed by atoms with Gasteiger partial charge in [-0.25, -0.2) is 0 Å². The van der Waals surface area contributed by atoms with Gasteiger partial charge >= 0.3 is 0 Å². The molecule has 2 aliphatic heterocycles. The number of benzene rings is 2. The molecule has 5 rings (SSSR count). The summed E-state index contributed by atoms with van der Waals surface area (Å²) in [5, 5.41) is 11.5. The summed E-state index contributed by atoms with van der Waals surface area (Å²) < 4.78 is 0. The molecule has 5 nitrogen and oxygen atoms in total. The van der Waals surface area contributed by atoms with E-state index in [1.807, 2.05) is 30.3 Å². The van der Waals surface area contributed by atoms with Crippen LogP contribution in [-0.2, 0) is 0 Å². The van der Waals surface area contributed by atoms with E-state index in [9.17, 15) is 14.7 Å². The summed E-state index contributed by atoms with van der Waals surface area (Å²) in [6, 6.07) is 16.8. The first-order chi connectivity index (χ1) is 16.5.